The molecule has 1 aromatic carbocycles. The fourth-order valence-electron chi connectivity index (χ4n) is 1.53. The highest BCUT2D eigenvalue weighted by atomic mass is 35.5. The molecule has 1 rings (SSSR count). The van der Waals surface area contributed by atoms with E-state index in [1.807, 2.05) is 32.0 Å². The van der Waals surface area contributed by atoms with Gasteiger partial charge in [0.05, 0.1) is 5.92 Å². The second-order valence-corrected chi connectivity index (χ2v) is 4.46. The summed E-state index contributed by atoms with van der Waals surface area (Å²) in [6.07, 6.45) is 0.535. The van der Waals surface area contributed by atoms with E-state index in [-0.39, 0.29) is 11.8 Å². The predicted molar refractivity (Wildman–Crippen MR) is 61.1 cm³/mol. The SMILES string of the molecule is CC(C)C(Cc1cccc(Cl)c1)C(=O)O. The van der Waals surface area contributed by atoms with Crippen molar-refractivity contribution in [3.8, 4) is 0 Å². The van der Waals surface area contributed by atoms with Crippen molar-refractivity contribution in [2.75, 3.05) is 0 Å². The van der Waals surface area contributed by atoms with Gasteiger partial charge >= 0.3 is 5.97 Å². The summed E-state index contributed by atoms with van der Waals surface area (Å²) >= 11 is 5.84. The van der Waals surface area contributed by atoms with E-state index in [2.05, 4.69) is 0 Å². The largest absolute Gasteiger partial charge is 0.481 e. The number of halogens is 1. The Morgan fingerprint density at radius 1 is 1.47 bits per heavy atom. The number of carbonyl (C=O) groups is 1. The molecule has 0 aliphatic heterocycles. The molecule has 82 valence electrons. The lowest BCUT2D eigenvalue weighted by atomic mass is 9.89. The first kappa shape index (κ1) is 12.1. The van der Waals surface area contributed by atoms with Crippen LogP contribution in [0.2, 0.25) is 5.02 Å². The number of hydrogen-bond acceptors (Lipinski definition) is 1. The van der Waals surface area contributed by atoms with Gasteiger partial charge in [0.25, 0.3) is 0 Å². The van der Waals surface area contributed by atoms with Gasteiger partial charge in [-0.3, -0.25) is 4.79 Å². The Hall–Kier alpha value is -1.02. The van der Waals surface area contributed by atoms with E-state index in [0.717, 1.165) is 5.56 Å². The highest BCUT2D eigenvalue weighted by Gasteiger charge is 2.21. The van der Waals surface area contributed by atoms with Crippen LogP contribution in [0.4, 0.5) is 0 Å². The van der Waals surface area contributed by atoms with Crippen LogP contribution in [-0.2, 0) is 11.2 Å². The molecule has 2 nitrogen and oxygen atoms in total. The van der Waals surface area contributed by atoms with E-state index in [1.165, 1.54) is 0 Å². The van der Waals surface area contributed by atoms with Crippen LogP contribution >= 0.6 is 11.6 Å². The Bertz CT molecular complexity index is 347. The zero-order valence-electron chi connectivity index (χ0n) is 8.90. The van der Waals surface area contributed by atoms with Gasteiger partial charge in [-0.1, -0.05) is 37.6 Å². The Morgan fingerprint density at radius 2 is 2.13 bits per heavy atom. The summed E-state index contributed by atoms with van der Waals surface area (Å²) < 4.78 is 0. The third-order valence-electron chi connectivity index (χ3n) is 2.47. The minimum absolute atomic E-state index is 0.126. The maximum atomic E-state index is 11.0. The van der Waals surface area contributed by atoms with Gasteiger partial charge in [-0.2, -0.15) is 0 Å². The maximum Gasteiger partial charge on any atom is 0.307 e. The van der Waals surface area contributed by atoms with E-state index in [9.17, 15) is 4.79 Å². The van der Waals surface area contributed by atoms with Crippen molar-refractivity contribution in [1.29, 1.82) is 0 Å². The van der Waals surface area contributed by atoms with Gasteiger partial charge in [-0.05, 0) is 30.0 Å². The molecule has 0 bridgehead atoms. The molecule has 0 aromatic heterocycles. The Morgan fingerprint density at radius 3 is 2.60 bits per heavy atom. The van der Waals surface area contributed by atoms with Gasteiger partial charge in [0.1, 0.15) is 0 Å². The Kier molecular flexibility index (Phi) is 4.15. The molecule has 0 saturated carbocycles. The molecule has 1 aromatic rings. The second kappa shape index (κ2) is 5.17. The number of rotatable bonds is 4. The summed E-state index contributed by atoms with van der Waals surface area (Å²) in [5.74, 6) is -0.963. The number of aliphatic carboxylic acids is 1. The van der Waals surface area contributed by atoms with Gasteiger partial charge in [-0.15, -0.1) is 0 Å². The minimum atomic E-state index is -0.745. The smallest absolute Gasteiger partial charge is 0.307 e. The number of benzene rings is 1. The first-order chi connectivity index (χ1) is 7.00. The molecule has 15 heavy (non-hydrogen) atoms. The van der Waals surface area contributed by atoms with E-state index in [4.69, 9.17) is 16.7 Å². The molecule has 0 fully saturated rings. The van der Waals surface area contributed by atoms with Gasteiger partial charge < -0.3 is 5.11 Å². The summed E-state index contributed by atoms with van der Waals surface area (Å²) in [4.78, 5) is 11.0. The van der Waals surface area contributed by atoms with Crippen LogP contribution < -0.4 is 0 Å². The summed E-state index contributed by atoms with van der Waals surface area (Å²) in [6.45, 7) is 3.84. The zero-order valence-corrected chi connectivity index (χ0v) is 9.66. The lowest BCUT2D eigenvalue weighted by molar-refractivity contribution is -0.143. The molecule has 0 aliphatic rings. The summed E-state index contributed by atoms with van der Waals surface area (Å²) in [6, 6.07) is 7.36. The van der Waals surface area contributed by atoms with Crippen molar-refractivity contribution >= 4 is 17.6 Å². The summed E-state index contributed by atoms with van der Waals surface area (Å²) in [5, 5.41) is 9.69. The monoisotopic (exact) mass is 226 g/mol. The highest BCUT2D eigenvalue weighted by Crippen LogP contribution is 2.19. The second-order valence-electron chi connectivity index (χ2n) is 4.02. The number of carboxylic acid groups (broad SMARTS) is 1. The van der Waals surface area contributed by atoms with Crippen LogP contribution in [-0.4, -0.2) is 11.1 Å². The van der Waals surface area contributed by atoms with Crippen LogP contribution in [0.5, 0.6) is 0 Å². The molecule has 0 saturated heterocycles. The van der Waals surface area contributed by atoms with Gasteiger partial charge in [0, 0.05) is 5.02 Å². The summed E-state index contributed by atoms with van der Waals surface area (Å²) in [5.41, 5.74) is 0.976. The number of hydrogen-bond donors (Lipinski definition) is 1. The molecule has 1 atom stereocenters. The standard InChI is InChI=1S/C12H15ClO2/c1-8(2)11(12(14)15)7-9-4-3-5-10(13)6-9/h3-6,8,11H,7H2,1-2H3,(H,14,15). The molecule has 0 aliphatic carbocycles. The van der Waals surface area contributed by atoms with E-state index in [1.54, 1.807) is 6.07 Å². The van der Waals surface area contributed by atoms with Crippen LogP contribution in [0.25, 0.3) is 0 Å². The topological polar surface area (TPSA) is 37.3 Å². The van der Waals surface area contributed by atoms with Crippen molar-refractivity contribution in [3.63, 3.8) is 0 Å². The third kappa shape index (κ3) is 3.56. The van der Waals surface area contributed by atoms with Crippen molar-refractivity contribution in [2.45, 2.75) is 20.3 Å². The predicted octanol–water partition coefficient (Wildman–Crippen LogP) is 3.24. The maximum absolute atomic E-state index is 11.0. The van der Waals surface area contributed by atoms with Crippen molar-refractivity contribution in [2.24, 2.45) is 11.8 Å². The van der Waals surface area contributed by atoms with Crippen LogP contribution in [0, 0.1) is 11.8 Å². The minimum Gasteiger partial charge on any atom is -0.481 e. The molecule has 0 heterocycles. The normalized spacial score (nSPS) is 12.8. The van der Waals surface area contributed by atoms with Crippen LogP contribution in [0.15, 0.2) is 24.3 Å². The average Bonchev–Trinajstić information content (AvgIpc) is 2.13. The molecular weight excluding hydrogens is 212 g/mol. The molecule has 3 heteroatoms. The summed E-state index contributed by atoms with van der Waals surface area (Å²) in [7, 11) is 0. The lowest BCUT2D eigenvalue weighted by Crippen LogP contribution is -2.22. The van der Waals surface area contributed by atoms with Crippen molar-refractivity contribution < 1.29 is 9.90 Å². The molecule has 0 spiro atoms. The first-order valence-corrected chi connectivity index (χ1v) is 5.35. The molecule has 1 N–H and O–H groups in total. The van der Waals surface area contributed by atoms with E-state index < -0.39 is 5.97 Å². The first-order valence-electron chi connectivity index (χ1n) is 4.98. The van der Waals surface area contributed by atoms with Gasteiger partial charge in [0.15, 0.2) is 0 Å². The Balaban J connectivity index is 2.79. The number of carboxylic acids is 1. The quantitative estimate of drug-likeness (QED) is 0.856. The fraction of sp³-hybridized carbons (Fsp3) is 0.417. The highest BCUT2D eigenvalue weighted by molar-refractivity contribution is 6.30. The lowest BCUT2D eigenvalue weighted by Gasteiger charge is -2.16. The van der Waals surface area contributed by atoms with Gasteiger partial charge in [0.2, 0.25) is 0 Å². The fourth-order valence-corrected chi connectivity index (χ4v) is 1.74. The van der Waals surface area contributed by atoms with E-state index in [0.29, 0.717) is 11.4 Å². The molecule has 1 unspecified atom stereocenters. The molecular formula is C12H15ClO2. The Labute approximate surface area is 94.9 Å². The van der Waals surface area contributed by atoms with Crippen molar-refractivity contribution in [3.05, 3.63) is 34.9 Å². The molecule has 0 radical (unpaired) electrons. The van der Waals surface area contributed by atoms with E-state index >= 15 is 0 Å². The van der Waals surface area contributed by atoms with Gasteiger partial charge in [-0.25, -0.2) is 0 Å². The zero-order chi connectivity index (χ0) is 11.4. The third-order valence-corrected chi connectivity index (χ3v) is 2.70. The average molecular weight is 227 g/mol. The van der Waals surface area contributed by atoms with Crippen molar-refractivity contribution in [1.82, 2.24) is 0 Å². The van der Waals surface area contributed by atoms with Crippen LogP contribution in [0.3, 0.4) is 0 Å². The molecule has 0 amide bonds. The van der Waals surface area contributed by atoms with Crippen LogP contribution in [0.1, 0.15) is 19.4 Å².